The second-order valence-corrected chi connectivity index (χ2v) is 4.50. The average Bonchev–Trinajstić information content (AvgIpc) is 2.71. The van der Waals surface area contributed by atoms with Crippen LogP contribution >= 0.6 is 0 Å². The second kappa shape index (κ2) is 5.80. The van der Waals surface area contributed by atoms with Crippen molar-refractivity contribution in [3.63, 3.8) is 0 Å². The Bertz CT molecular complexity index is 490. The molecule has 0 aliphatic carbocycles. The molecular formula is C14H20N4. The van der Waals surface area contributed by atoms with Gasteiger partial charge in [0, 0.05) is 37.9 Å². The molecule has 2 aromatic rings. The molecule has 0 amide bonds. The lowest BCUT2D eigenvalue weighted by molar-refractivity contribution is 0.539. The Morgan fingerprint density at radius 1 is 1.33 bits per heavy atom. The van der Waals surface area contributed by atoms with Gasteiger partial charge in [0.05, 0.1) is 5.69 Å². The Morgan fingerprint density at radius 2 is 2.06 bits per heavy atom. The zero-order valence-corrected chi connectivity index (χ0v) is 10.9. The Hall–Kier alpha value is -1.65. The molecule has 18 heavy (non-hydrogen) atoms. The molecule has 96 valence electrons. The molecule has 3 N–H and O–H groups in total. The lowest BCUT2D eigenvalue weighted by Crippen LogP contribution is -2.28. The van der Waals surface area contributed by atoms with E-state index in [-0.39, 0.29) is 6.04 Å². The van der Waals surface area contributed by atoms with Crippen molar-refractivity contribution in [1.82, 2.24) is 15.1 Å². The van der Waals surface area contributed by atoms with Crippen LogP contribution in [0.4, 0.5) is 0 Å². The van der Waals surface area contributed by atoms with Crippen molar-refractivity contribution in [2.75, 3.05) is 6.54 Å². The third-order valence-corrected chi connectivity index (χ3v) is 3.06. The van der Waals surface area contributed by atoms with Crippen molar-refractivity contribution < 1.29 is 0 Å². The van der Waals surface area contributed by atoms with Crippen LogP contribution < -0.4 is 11.1 Å². The van der Waals surface area contributed by atoms with Crippen molar-refractivity contribution >= 4 is 0 Å². The number of benzene rings is 1. The Balaban J connectivity index is 2.04. The van der Waals surface area contributed by atoms with Crippen LogP contribution in [0, 0.1) is 6.92 Å². The van der Waals surface area contributed by atoms with E-state index in [1.807, 2.05) is 43.0 Å². The number of hydrogen-bond donors (Lipinski definition) is 2. The van der Waals surface area contributed by atoms with E-state index in [1.54, 1.807) is 0 Å². The topological polar surface area (TPSA) is 55.9 Å². The lowest BCUT2D eigenvalue weighted by atomic mass is 10.1. The van der Waals surface area contributed by atoms with Gasteiger partial charge in [-0.2, -0.15) is 5.10 Å². The zero-order chi connectivity index (χ0) is 13.0. The lowest BCUT2D eigenvalue weighted by Gasteiger charge is -2.16. The van der Waals surface area contributed by atoms with Crippen LogP contribution in [0.3, 0.4) is 0 Å². The molecule has 1 aromatic carbocycles. The molecule has 0 fully saturated rings. The number of hydrogen-bond acceptors (Lipinski definition) is 3. The monoisotopic (exact) mass is 244 g/mol. The van der Waals surface area contributed by atoms with Crippen molar-refractivity contribution in [2.24, 2.45) is 12.8 Å². The van der Waals surface area contributed by atoms with Gasteiger partial charge in [0.25, 0.3) is 0 Å². The molecule has 0 saturated carbocycles. The normalized spacial score (nSPS) is 12.6. The fourth-order valence-corrected chi connectivity index (χ4v) is 2.12. The molecule has 4 heteroatoms. The SMILES string of the molecule is Cc1nn(C)cc1C(CN)NCc1ccccc1. The van der Waals surface area contributed by atoms with Gasteiger partial charge in [-0.15, -0.1) is 0 Å². The Labute approximate surface area is 108 Å². The minimum atomic E-state index is 0.152. The number of aromatic nitrogens is 2. The Morgan fingerprint density at radius 3 is 2.61 bits per heavy atom. The van der Waals surface area contributed by atoms with E-state index >= 15 is 0 Å². The molecule has 0 spiro atoms. The number of aryl methyl sites for hydroxylation is 2. The molecule has 0 aliphatic rings. The van der Waals surface area contributed by atoms with E-state index in [4.69, 9.17) is 5.73 Å². The highest BCUT2D eigenvalue weighted by Gasteiger charge is 2.14. The van der Waals surface area contributed by atoms with E-state index in [1.165, 1.54) is 11.1 Å². The maximum Gasteiger partial charge on any atom is 0.0641 e. The summed E-state index contributed by atoms with van der Waals surface area (Å²) in [4.78, 5) is 0. The van der Waals surface area contributed by atoms with Gasteiger partial charge < -0.3 is 11.1 Å². The highest BCUT2D eigenvalue weighted by Crippen LogP contribution is 2.15. The quantitative estimate of drug-likeness (QED) is 0.838. The molecule has 1 atom stereocenters. The van der Waals surface area contributed by atoms with E-state index < -0.39 is 0 Å². The molecule has 1 unspecified atom stereocenters. The molecule has 0 bridgehead atoms. The largest absolute Gasteiger partial charge is 0.329 e. The molecule has 1 heterocycles. The van der Waals surface area contributed by atoms with Gasteiger partial charge >= 0.3 is 0 Å². The Kier molecular flexibility index (Phi) is 4.12. The first-order chi connectivity index (χ1) is 8.70. The molecule has 4 nitrogen and oxygen atoms in total. The summed E-state index contributed by atoms with van der Waals surface area (Å²) in [5.74, 6) is 0. The molecule has 1 aromatic heterocycles. The van der Waals surface area contributed by atoms with Gasteiger partial charge in [-0.3, -0.25) is 4.68 Å². The van der Waals surface area contributed by atoms with E-state index in [0.29, 0.717) is 6.54 Å². The van der Waals surface area contributed by atoms with Gasteiger partial charge in [0.2, 0.25) is 0 Å². The first-order valence-corrected chi connectivity index (χ1v) is 6.18. The highest BCUT2D eigenvalue weighted by atomic mass is 15.3. The maximum atomic E-state index is 5.85. The van der Waals surface area contributed by atoms with Crippen molar-refractivity contribution in [1.29, 1.82) is 0 Å². The summed E-state index contributed by atoms with van der Waals surface area (Å²) < 4.78 is 1.83. The number of rotatable bonds is 5. The van der Waals surface area contributed by atoms with Gasteiger partial charge in [0.1, 0.15) is 0 Å². The van der Waals surface area contributed by atoms with E-state index in [0.717, 1.165) is 12.2 Å². The fourth-order valence-electron chi connectivity index (χ4n) is 2.12. The number of nitrogens with zero attached hydrogens (tertiary/aromatic N) is 2. The van der Waals surface area contributed by atoms with Crippen LogP contribution in [0.25, 0.3) is 0 Å². The van der Waals surface area contributed by atoms with Crippen molar-refractivity contribution in [2.45, 2.75) is 19.5 Å². The first kappa shape index (κ1) is 12.8. The predicted molar refractivity (Wildman–Crippen MR) is 73.0 cm³/mol. The van der Waals surface area contributed by atoms with Gasteiger partial charge in [-0.25, -0.2) is 0 Å². The zero-order valence-electron chi connectivity index (χ0n) is 10.9. The van der Waals surface area contributed by atoms with Crippen LogP contribution in [-0.2, 0) is 13.6 Å². The molecule has 0 radical (unpaired) electrons. The standard InChI is InChI=1S/C14H20N4/c1-11-13(10-18(2)17-11)14(8-15)16-9-12-6-4-3-5-7-12/h3-7,10,14,16H,8-9,15H2,1-2H3. The summed E-state index contributed by atoms with van der Waals surface area (Å²) in [6.07, 6.45) is 2.03. The fraction of sp³-hybridized carbons (Fsp3) is 0.357. The number of nitrogens with two attached hydrogens (primary N) is 1. The van der Waals surface area contributed by atoms with Crippen LogP contribution in [0.5, 0.6) is 0 Å². The summed E-state index contributed by atoms with van der Waals surface area (Å²) in [6.45, 7) is 3.40. The summed E-state index contributed by atoms with van der Waals surface area (Å²) >= 11 is 0. The molecule has 2 rings (SSSR count). The van der Waals surface area contributed by atoms with Crippen LogP contribution in [0.2, 0.25) is 0 Å². The van der Waals surface area contributed by atoms with Gasteiger partial charge in [0.15, 0.2) is 0 Å². The van der Waals surface area contributed by atoms with Crippen LogP contribution in [0.15, 0.2) is 36.5 Å². The average molecular weight is 244 g/mol. The minimum Gasteiger partial charge on any atom is -0.329 e. The van der Waals surface area contributed by atoms with Crippen molar-refractivity contribution in [3.05, 3.63) is 53.3 Å². The predicted octanol–water partition coefficient (Wildman–Crippen LogP) is 1.52. The summed E-state index contributed by atoms with van der Waals surface area (Å²) in [6, 6.07) is 10.5. The molecule has 0 aliphatic heterocycles. The summed E-state index contributed by atoms with van der Waals surface area (Å²) in [7, 11) is 1.93. The third kappa shape index (κ3) is 2.97. The first-order valence-electron chi connectivity index (χ1n) is 6.18. The second-order valence-electron chi connectivity index (χ2n) is 4.50. The third-order valence-electron chi connectivity index (χ3n) is 3.06. The van der Waals surface area contributed by atoms with Gasteiger partial charge in [-0.1, -0.05) is 30.3 Å². The van der Waals surface area contributed by atoms with Crippen LogP contribution in [0.1, 0.15) is 22.9 Å². The summed E-state index contributed by atoms with van der Waals surface area (Å²) in [5.41, 5.74) is 9.32. The van der Waals surface area contributed by atoms with Crippen LogP contribution in [-0.4, -0.2) is 16.3 Å². The van der Waals surface area contributed by atoms with Gasteiger partial charge in [-0.05, 0) is 12.5 Å². The number of nitrogens with one attached hydrogen (secondary N) is 1. The highest BCUT2D eigenvalue weighted by molar-refractivity contribution is 5.21. The maximum absolute atomic E-state index is 5.85. The molecule has 0 saturated heterocycles. The van der Waals surface area contributed by atoms with E-state index in [9.17, 15) is 0 Å². The summed E-state index contributed by atoms with van der Waals surface area (Å²) in [5, 5.41) is 7.83. The van der Waals surface area contributed by atoms with E-state index in [2.05, 4.69) is 22.5 Å². The van der Waals surface area contributed by atoms with Crippen molar-refractivity contribution in [3.8, 4) is 0 Å². The minimum absolute atomic E-state index is 0.152. The smallest absolute Gasteiger partial charge is 0.0641 e. The molecular weight excluding hydrogens is 224 g/mol.